The lowest BCUT2D eigenvalue weighted by Gasteiger charge is -2.11. The van der Waals surface area contributed by atoms with Crippen molar-refractivity contribution in [1.29, 1.82) is 0 Å². The number of halogens is 2. The van der Waals surface area contributed by atoms with Crippen LogP contribution >= 0.6 is 23.2 Å². The first kappa shape index (κ1) is 9.25. The number of rotatable bonds is 1. The van der Waals surface area contributed by atoms with Crippen LogP contribution in [0, 0.1) is 0 Å². The lowest BCUT2D eigenvalue weighted by atomic mass is 10.1. The minimum Gasteiger partial charge on any atom is -0.310 e. The van der Waals surface area contributed by atoms with Crippen LogP contribution in [-0.2, 0) is 0 Å². The zero-order valence-corrected chi connectivity index (χ0v) is 8.57. The summed E-state index contributed by atoms with van der Waals surface area (Å²) in [4.78, 5) is 4.01. The summed E-state index contributed by atoms with van der Waals surface area (Å²) in [5, 5.41) is 4.34. The van der Waals surface area contributed by atoms with Gasteiger partial charge in [0.1, 0.15) is 10.3 Å². The fourth-order valence-electron chi connectivity index (χ4n) is 1.63. The van der Waals surface area contributed by atoms with E-state index in [9.17, 15) is 0 Å². The van der Waals surface area contributed by atoms with Gasteiger partial charge in [0.15, 0.2) is 0 Å². The largest absolute Gasteiger partial charge is 0.310 e. The Morgan fingerprint density at radius 3 is 2.85 bits per heavy atom. The summed E-state index contributed by atoms with van der Waals surface area (Å²) < 4.78 is 0. The highest BCUT2D eigenvalue weighted by atomic mass is 35.5. The Morgan fingerprint density at radius 1 is 1.38 bits per heavy atom. The molecule has 1 atom stereocenters. The van der Waals surface area contributed by atoms with Crippen LogP contribution in [0.1, 0.15) is 24.4 Å². The predicted molar refractivity (Wildman–Crippen MR) is 54.2 cm³/mol. The van der Waals surface area contributed by atoms with E-state index >= 15 is 0 Å². The van der Waals surface area contributed by atoms with Crippen molar-refractivity contribution in [2.75, 3.05) is 6.54 Å². The molecule has 70 valence electrons. The minimum absolute atomic E-state index is 0.359. The molecule has 0 saturated carbocycles. The van der Waals surface area contributed by atoms with Crippen LogP contribution in [0.15, 0.2) is 12.1 Å². The number of pyridine rings is 1. The molecule has 0 aliphatic carbocycles. The van der Waals surface area contributed by atoms with Gasteiger partial charge < -0.3 is 5.32 Å². The lowest BCUT2D eigenvalue weighted by molar-refractivity contribution is 0.645. The van der Waals surface area contributed by atoms with Crippen molar-refractivity contribution in [3.05, 3.63) is 28.0 Å². The third-order valence-electron chi connectivity index (χ3n) is 2.28. The summed E-state index contributed by atoms with van der Waals surface area (Å²) in [6.45, 7) is 1.06. The second kappa shape index (κ2) is 3.82. The standard InChI is InChI=1S/C9H10Cl2N2/c10-8-4-3-6(9(11)13-8)7-2-1-5-12-7/h3-4,7,12H,1-2,5H2. The van der Waals surface area contributed by atoms with E-state index < -0.39 is 0 Å². The first-order chi connectivity index (χ1) is 6.27. The molecule has 2 rings (SSSR count). The topological polar surface area (TPSA) is 24.9 Å². The summed E-state index contributed by atoms with van der Waals surface area (Å²) >= 11 is 11.7. The number of hydrogen-bond acceptors (Lipinski definition) is 2. The van der Waals surface area contributed by atoms with Crippen molar-refractivity contribution in [1.82, 2.24) is 10.3 Å². The third kappa shape index (κ3) is 1.96. The molecule has 1 aromatic heterocycles. The van der Waals surface area contributed by atoms with E-state index in [1.165, 1.54) is 6.42 Å². The molecule has 13 heavy (non-hydrogen) atoms. The number of hydrogen-bond donors (Lipinski definition) is 1. The van der Waals surface area contributed by atoms with Crippen molar-refractivity contribution in [3.8, 4) is 0 Å². The van der Waals surface area contributed by atoms with E-state index in [-0.39, 0.29) is 0 Å². The highest BCUT2D eigenvalue weighted by Crippen LogP contribution is 2.28. The Hall–Kier alpha value is -0.310. The summed E-state index contributed by atoms with van der Waals surface area (Å²) in [5.74, 6) is 0. The van der Waals surface area contributed by atoms with Crippen LogP contribution in [-0.4, -0.2) is 11.5 Å². The van der Waals surface area contributed by atoms with Crippen molar-refractivity contribution >= 4 is 23.2 Å². The first-order valence-corrected chi connectivity index (χ1v) is 5.08. The Labute approximate surface area is 87.3 Å². The summed E-state index contributed by atoms with van der Waals surface area (Å²) in [6, 6.07) is 4.08. The third-order valence-corrected chi connectivity index (χ3v) is 2.79. The van der Waals surface area contributed by atoms with E-state index in [4.69, 9.17) is 23.2 Å². The highest BCUT2D eigenvalue weighted by Gasteiger charge is 2.19. The second-order valence-corrected chi connectivity index (χ2v) is 3.91. The van der Waals surface area contributed by atoms with Gasteiger partial charge in [-0.2, -0.15) is 0 Å². The van der Waals surface area contributed by atoms with Crippen molar-refractivity contribution in [3.63, 3.8) is 0 Å². The Kier molecular flexibility index (Phi) is 2.72. The molecule has 2 heterocycles. The van der Waals surface area contributed by atoms with Gasteiger partial charge in [0.25, 0.3) is 0 Å². The molecule has 1 aliphatic heterocycles. The van der Waals surface area contributed by atoms with Gasteiger partial charge in [-0.25, -0.2) is 4.98 Å². The van der Waals surface area contributed by atoms with Crippen LogP contribution in [0.25, 0.3) is 0 Å². The maximum Gasteiger partial charge on any atom is 0.135 e. The van der Waals surface area contributed by atoms with Gasteiger partial charge >= 0.3 is 0 Å². The van der Waals surface area contributed by atoms with Gasteiger partial charge in [0.05, 0.1) is 0 Å². The molecule has 4 heteroatoms. The molecule has 0 amide bonds. The van der Waals surface area contributed by atoms with Crippen LogP contribution < -0.4 is 5.32 Å². The van der Waals surface area contributed by atoms with Crippen LogP contribution in [0.3, 0.4) is 0 Å². The van der Waals surface area contributed by atoms with Gasteiger partial charge in [-0.3, -0.25) is 0 Å². The van der Waals surface area contributed by atoms with E-state index in [1.54, 1.807) is 6.07 Å². The summed E-state index contributed by atoms with van der Waals surface area (Å²) in [6.07, 6.45) is 2.33. The fraction of sp³-hybridized carbons (Fsp3) is 0.444. The molecule has 0 bridgehead atoms. The van der Waals surface area contributed by atoms with Crippen molar-refractivity contribution < 1.29 is 0 Å². The summed E-state index contributed by atoms with van der Waals surface area (Å²) in [5.41, 5.74) is 1.06. The molecule has 0 radical (unpaired) electrons. The first-order valence-electron chi connectivity index (χ1n) is 4.33. The molecule has 0 spiro atoms. The highest BCUT2D eigenvalue weighted by molar-refractivity contribution is 6.32. The minimum atomic E-state index is 0.359. The van der Waals surface area contributed by atoms with Crippen molar-refractivity contribution in [2.24, 2.45) is 0 Å². The van der Waals surface area contributed by atoms with E-state index in [2.05, 4.69) is 10.3 Å². The average Bonchev–Trinajstić information content (AvgIpc) is 2.56. The molecule has 1 unspecified atom stereocenters. The van der Waals surface area contributed by atoms with Crippen LogP contribution in [0.2, 0.25) is 10.3 Å². The number of aromatic nitrogens is 1. The fourth-order valence-corrected chi connectivity index (χ4v) is 2.11. The van der Waals surface area contributed by atoms with Crippen LogP contribution in [0.5, 0.6) is 0 Å². The molecule has 1 saturated heterocycles. The van der Waals surface area contributed by atoms with E-state index in [0.717, 1.165) is 18.5 Å². The van der Waals surface area contributed by atoms with Gasteiger partial charge in [0, 0.05) is 11.6 Å². The van der Waals surface area contributed by atoms with Gasteiger partial charge in [-0.15, -0.1) is 0 Å². The van der Waals surface area contributed by atoms with Crippen LogP contribution in [0.4, 0.5) is 0 Å². The Morgan fingerprint density at radius 2 is 2.23 bits per heavy atom. The number of nitrogens with zero attached hydrogens (tertiary/aromatic N) is 1. The monoisotopic (exact) mass is 216 g/mol. The quantitative estimate of drug-likeness (QED) is 0.731. The molecular weight excluding hydrogens is 207 g/mol. The summed E-state index contributed by atoms with van der Waals surface area (Å²) in [7, 11) is 0. The normalized spacial score (nSPS) is 22.2. The average molecular weight is 217 g/mol. The molecule has 2 nitrogen and oxygen atoms in total. The molecule has 1 aromatic rings. The zero-order valence-electron chi connectivity index (χ0n) is 7.06. The molecule has 1 aliphatic rings. The molecule has 1 N–H and O–H groups in total. The van der Waals surface area contributed by atoms with E-state index in [0.29, 0.717) is 16.3 Å². The second-order valence-electron chi connectivity index (χ2n) is 3.16. The SMILES string of the molecule is Clc1ccc(C2CCCN2)c(Cl)n1. The molecule has 1 fully saturated rings. The maximum absolute atomic E-state index is 5.97. The van der Waals surface area contributed by atoms with Gasteiger partial charge in [0.2, 0.25) is 0 Å². The Bertz CT molecular complexity index is 308. The molecular formula is C9H10Cl2N2. The van der Waals surface area contributed by atoms with Gasteiger partial charge in [-0.05, 0) is 25.5 Å². The molecule has 0 aromatic carbocycles. The Balaban J connectivity index is 2.29. The predicted octanol–water partition coefficient (Wildman–Crippen LogP) is 2.81. The lowest BCUT2D eigenvalue weighted by Crippen LogP contribution is -2.13. The smallest absolute Gasteiger partial charge is 0.135 e. The van der Waals surface area contributed by atoms with E-state index in [1.807, 2.05) is 6.07 Å². The maximum atomic E-state index is 5.97. The van der Waals surface area contributed by atoms with Gasteiger partial charge in [-0.1, -0.05) is 29.3 Å². The number of nitrogens with one attached hydrogen (secondary N) is 1. The van der Waals surface area contributed by atoms with Crippen molar-refractivity contribution in [2.45, 2.75) is 18.9 Å². The zero-order chi connectivity index (χ0) is 9.26.